The van der Waals surface area contributed by atoms with Gasteiger partial charge in [0.05, 0.1) is 24.9 Å². The molecule has 0 aliphatic rings. The highest BCUT2D eigenvalue weighted by atomic mass is 35.5. The molecular formula is C19H21ClF3N2O3+. The van der Waals surface area contributed by atoms with Crippen molar-refractivity contribution in [1.82, 2.24) is 0 Å². The maximum Gasteiger partial charge on any atom is 0.387 e. The SMILES string of the molecule is COc1cc(C[NH+](C)[C@H](C)C(=O)Nc2ccc(F)cc2Cl)ccc1OC(F)F. The van der Waals surface area contributed by atoms with Crippen LogP contribution in [-0.4, -0.2) is 32.7 Å². The highest BCUT2D eigenvalue weighted by Gasteiger charge is 2.23. The molecule has 9 heteroatoms. The Balaban J connectivity index is 2.04. The number of carbonyl (C=O) groups is 1. The molecular weight excluding hydrogens is 397 g/mol. The second-order valence-electron chi connectivity index (χ2n) is 6.22. The Morgan fingerprint density at radius 1 is 1.21 bits per heavy atom. The zero-order chi connectivity index (χ0) is 20.8. The standard InChI is InChI=1S/C19H20ClF3N2O3/c1-11(18(26)24-15-6-5-13(21)9-14(15)20)25(2)10-12-4-7-16(28-19(22)23)17(8-12)27-3/h4-9,11,19H,10H2,1-3H3,(H,24,26)/p+1/t11-/m1/s1. The second kappa shape index (κ2) is 9.66. The van der Waals surface area contributed by atoms with Crippen molar-refractivity contribution in [2.75, 3.05) is 19.5 Å². The zero-order valence-electron chi connectivity index (χ0n) is 15.6. The number of amides is 1. The van der Waals surface area contributed by atoms with Gasteiger partial charge in [0, 0.05) is 5.56 Å². The van der Waals surface area contributed by atoms with E-state index in [-0.39, 0.29) is 22.4 Å². The molecule has 0 aliphatic heterocycles. The summed E-state index contributed by atoms with van der Waals surface area (Å²) in [6.07, 6.45) is 0. The van der Waals surface area contributed by atoms with Crippen molar-refractivity contribution >= 4 is 23.2 Å². The van der Waals surface area contributed by atoms with E-state index in [0.29, 0.717) is 12.2 Å². The van der Waals surface area contributed by atoms with Crippen molar-refractivity contribution in [2.24, 2.45) is 0 Å². The van der Waals surface area contributed by atoms with Crippen molar-refractivity contribution in [2.45, 2.75) is 26.1 Å². The van der Waals surface area contributed by atoms with Gasteiger partial charge >= 0.3 is 6.61 Å². The first-order chi connectivity index (χ1) is 13.2. The lowest BCUT2D eigenvalue weighted by Gasteiger charge is -2.22. The number of halogens is 4. The van der Waals surface area contributed by atoms with Crippen LogP contribution in [0.25, 0.3) is 0 Å². The van der Waals surface area contributed by atoms with E-state index in [9.17, 15) is 18.0 Å². The number of likely N-dealkylation sites (N-methyl/N-ethyl adjacent to an activating group) is 1. The monoisotopic (exact) mass is 417 g/mol. The van der Waals surface area contributed by atoms with Crippen LogP contribution in [0.5, 0.6) is 11.5 Å². The predicted molar refractivity (Wildman–Crippen MR) is 99.7 cm³/mol. The van der Waals surface area contributed by atoms with Gasteiger partial charge in [-0.15, -0.1) is 0 Å². The summed E-state index contributed by atoms with van der Waals surface area (Å²) < 4.78 is 47.4. The van der Waals surface area contributed by atoms with Crippen LogP contribution < -0.4 is 19.7 Å². The Labute approximate surface area is 166 Å². The van der Waals surface area contributed by atoms with Crippen molar-refractivity contribution in [3.63, 3.8) is 0 Å². The summed E-state index contributed by atoms with van der Waals surface area (Å²) in [4.78, 5) is 13.3. The van der Waals surface area contributed by atoms with Gasteiger partial charge in [0.1, 0.15) is 12.4 Å². The third kappa shape index (κ3) is 5.77. The first-order valence-corrected chi connectivity index (χ1v) is 8.79. The third-order valence-electron chi connectivity index (χ3n) is 4.25. The van der Waals surface area contributed by atoms with Crippen LogP contribution in [0, 0.1) is 5.82 Å². The van der Waals surface area contributed by atoms with E-state index in [1.165, 1.54) is 25.3 Å². The Hall–Kier alpha value is -2.45. The summed E-state index contributed by atoms with van der Waals surface area (Å²) in [5.41, 5.74) is 1.10. The molecule has 1 amide bonds. The Kier molecular flexibility index (Phi) is 7.53. The molecule has 0 radical (unpaired) electrons. The number of methoxy groups -OCH3 is 1. The van der Waals surface area contributed by atoms with Gasteiger partial charge in [-0.05, 0) is 43.3 Å². The summed E-state index contributed by atoms with van der Waals surface area (Å²) in [6, 6.07) is 7.87. The minimum atomic E-state index is -2.95. The minimum absolute atomic E-state index is 0.0596. The molecule has 0 aromatic heterocycles. The van der Waals surface area contributed by atoms with E-state index in [4.69, 9.17) is 16.3 Å². The maximum absolute atomic E-state index is 13.1. The Morgan fingerprint density at radius 3 is 2.54 bits per heavy atom. The van der Waals surface area contributed by atoms with Crippen LogP contribution in [0.15, 0.2) is 36.4 Å². The van der Waals surface area contributed by atoms with Gasteiger partial charge in [-0.2, -0.15) is 8.78 Å². The van der Waals surface area contributed by atoms with Crippen molar-refractivity contribution in [3.8, 4) is 11.5 Å². The highest BCUT2D eigenvalue weighted by molar-refractivity contribution is 6.33. The Bertz CT molecular complexity index is 836. The summed E-state index contributed by atoms with van der Waals surface area (Å²) in [5, 5.41) is 2.78. The van der Waals surface area contributed by atoms with Gasteiger partial charge in [-0.3, -0.25) is 4.79 Å². The van der Waals surface area contributed by atoms with E-state index in [0.717, 1.165) is 16.5 Å². The molecule has 0 heterocycles. The van der Waals surface area contributed by atoms with Crippen molar-refractivity contribution in [3.05, 3.63) is 52.8 Å². The smallest absolute Gasteiger partial charge is 0.387 e. The van der Waals surface area contributed by atoms with E-state index in [2.05, 4.69) is 10.1 Å². The largest absolute Gasteiger partial charge is 0.493 e. The fourth-order valence-electron chi connectivity index (χ4n) is 2.55. The molecule has 0 saturated carbocycles. The van der Waals surface area contributed by atoms with Gasteiger partial charge in [-0.25, -0.2) is 4.39 Å². The van der Waals surface area contributed by atoms with Gasteiger partial charge in [0.2, 0.25) is 0 Å². The Morgan fingerprint density at radius 2 is 1.93 bits per heavy atom. The number of alkyl halides is 2. The number of ether oxygens (including phenoxy) is 2. The lowest BCUT2D eigenvalue weighted by Crippen LogP contribution is -3.12. The quantitative estimate of drug-likeness (QED) is 0.694. The number of nitrogens with one attached hydrogen (secondary N) is 2. The number of quaternary nitrogens is 1. The van der Waals surface area contributed by atoms with Gasteiger partial charge < -0.3 is 19.7 Å². The van der Waals surface area contributed by atoms with Crippen LogP contribution in [-0.2, 0) is 11.3 Å². The first-order valence-electron chi connectivity index (χ1n) is 8.41. The molecule has 2 N–H and O–H groups in total. The van der Waals surface area contributed by atoms with Crippen LogP contribution in [0.1, 0.15) is 12.5 Å². The maximum atomic E-state index is 13.1. The number of anilines is 1. The average molecular weight is 418 g/mol. The highest BCUT2D eigenvalue weighted by Crippen LogP contribution is 2.29. The number of benzene rings is 2. The van der Waals surface area contributed by atoms with E-state index < -0.39 is 18.5 Å². The molecule has 2 aromatic rings. The lowest BCUT2D eigenvalue weighted by atomic mass is 10.1. The molecule has 2 aromatic carbocycles. The fraction of sp³-hybridized carbons (Fsp3) is 0.316. The molecule has 0 saturated heterocycles. The summed E-state index contributed by atoms with van der Waals surface area (Å²) >= 11 is 5.93. The molecule has 5 nitrogen and oxygen atoms in total. The van der Waals surface area contributed by atoms with Gasteiger partial charge in [-0.1, -0.05) is 11.6 Å². The molecule has 2 atom stereocenters. The van der Waals surface area contributed by atoms with E-state index in [1.807, 2.05) is 7.05 Å². The summed E-state index contributed by atoms with van der Waals surface area (Å²) in [7, 11) is 3.17. The number of rotatable bonds is 8. The van der Waals surface area contributed by atoms with Crippen LogP contribution in [0.2, 0.25) is 5.02 Å². The van der Waals surface area contributed by atoms with Gasteiger partial charge in [0.25, 0.3) is 5.91 Å². The molecule has 0 aliphatic carbocycles. The van der Waals surface area contributed by atoms with Crippen LogP contribution in [0.3, 0.4) is 0 Å². The molecule has 152 valence electrons. The van der Waals surface area contributed by atoms with Crippen molar-refractivity contribution < 1.29 is 32.3 Å². The third-order valence-corrected chi connectivity index (χ3v) is 4.56. The fourth-order valence-corrected chi connectivity index (χ4v) is 2.76. The van der Waals surface area contributed by atoms with Crippen molar-refractivity contribution in [1.29, 1.82) is 0 Å². The predicted octanol–water partition coefficient (Wildman–Crippen LogP) is 3.13. The lowest BCUT2D eigenvalue weighted by molar-refractivity contribution is -0.907. The first kappa shape index (κ1) is 21.8. The molecule has 0 bridgehead atoms. The number of hydrogen-bond acceptors (Lipinski definition) is 3. The average Bonchev–Trinajstić information content (AvgIpc) is 2.64. The van der Waals surface area contributed by atoms with E-state index >= 15 is 0 Å². The topological polar surface area (TPSA) is 52.0 Å². The van der Waals surface area contributed by atoms with E-state index in [1.54, 1.807) is 19.1 Å². The van der Waals surface area contributed by atoms with Crippen LogP contribution in [0.4, 0.5) is 18.9 Å². The van der Waals surface area contributed by atoms with Crippen LogP contribution >= 0.6 is 11.6 Å². The van der Waals surface area contributed by atoms with Gasteiger partial charge in [0.15, 0.2) is 17.5 Å². The molecule has 0 fully saturated rings. The summed E-state index contributed by atoms with van der Waals surface area (Å²) in [5.74, 6) is -0.668. The molecule has 0 spiro atoms. The second-order valence-corrected chi connectivity index (χ2v) is 6.63. The zero-order valence-corrected chi connectivity index (χ0v) is 16.3. The number of hydrogen-bond donors (Lipinski definition) is 2. The molecule has 28 heavy (non-hydrogen) atoms. The summed E-state index contributed by atoms with van der Waals surface area (Å²) in [6.45, 7) is -0.792. The molecule has 1 unspecified atom stereocenters. The molecule has 2 rings (SSSR count). The normalized spacial score (nSPS) is 13.1. The minimum Gasteiger partial charge on any atom is -0.493 e. The number of carbonyl (C=O) groups excluding carboxylic acids is 1.